The fourth-order valence-electron chi connectivity index (χ4n) is 1.69. The van der Waals surface area contributed by atoms with Crippen molar-refractivity contribution in [3.8, 4) is 0 Å². The van der Waals surface area contributed by atoms with Crippen molar-refractivity contribution < 1.29 is 9.15 Å². The summed E-state index contributed by atoms with van der Waals surface area (Å²) in [6.07, 6.45) is 1.04. The molecule has 2 rings (SSSR count). The Labute approximate surface area is 99.5 Å². The normalized spacial score (nSPS) is 31.6. The SMILES string of the molecule is CC(Cl)c1nnc(NC2(C)CCOC2C)o1. The van der Waals surface area contributed by atoms with Crippen molar-refractivity contribution in [2.24, 2.45) is 0 Å². The number of alkyl halides is 1. The molecule has 1 aromatic heterocycles. The van der Waals surface area contributed by atoms with Crippen LogP contribution in [0.5, 0.6) is 0 Å². The number of halogens is 1. The molecule has 2 heterocycles. The van der Waals surface area contributed by atoms with E-state index in [9.17, 15) is 0 Å². The lowest BCUT2D eigenvalue weighted by molar-refractivity contribution is 0.104. The van der Waals surface area contributed by atoms with E-state index in [0.29, 0.717) is 11.9 Å². The van der Waals surface area contributed by atoms with Gasteiger partial charge in [-0.25, -0.2) is 0 Å². The van der Waals surface area contributed by atoms with Gasteiger partial charge in [-0.05, 0) is 27.2 Å². The number of rotatable bonds is 3. The minimum Gasteiger partial charge on any atom is -0.406 e. The van der Waals surface area contributed by atoms with Crippen LogP contribution in [0.3, 0.4) is 0 Å². The van der Waals surface area contributed by atoms with Crippen LogP contribution < -0.4 is 5.32 Å². The Morgan fingerprint density at radius 3 is 2.81 bits per heavy atom. The minimum atomic E-state index is -0.270. The molecule has 0 radical (unpaired) electrons. The Balaban J connectivity index is 2.08. The molecule has 16 heavy (non-hydrogen) atoms. The zero-order valence-electron chi connectivity index (χ0n) is 9.66. The molecule has 0 bridgehead atoms. The third-order valence-corrected chi connectivity index (χ3v) is 3.25. The molecule has 90 valence electrons. The summed E-state index contributed by atoms with van der Waals surface area (Å²) in [5, 5.41) is 10.7. The lowest BCUT2D eigenvalue weighted by Gasteiger charge is -2.27. The molecule has 1 aliphatic heterocycles. The van der Waals surface area contributed by atoms with Crippen LogP contribution in [0.2, 0.25) is 0 Å². The van der Waals surface area contributed by atoms with E-state index in [1.54, 1.807) is 6.92 Å². The lowest BCUT2D eigenvalue weighted by atomic mass is 9.95. The molecule has 1 aromatic rings. The number of nitrogens with zero attached hydrogens (tertiary/aromatic N) is 2. The third-order valence-electron chi connectivity index (χ3n) is 3.06. The van der Waals surface area contributed by atoms with E-state index in [2.05, 4.69) is 22.4 Å². The van der Waals surface area contributed by atoms with Crippen LogP contribution in [-0.2, 0) is 4.74 Å². The van der Waals surface area contributed by atoms with Gasteiger partial charge in [0.15, 0.2) is 0 Å². The van der Waals surface area contributed by atoms with Crippen molar-refractivity contribution in [2.45, 2.75) is 44.2 Å². The van der Waals surface area contributed by atoms with Gasteiger partial charge in [-0.1, -0.05) is 5.10 Å². The predicted octanol–water partition coefficient (Wildman–Crippen LogP) is 2.35. The second-order valence-electron chi connectivity index (χ2n) is 4.37. The highest BCUT2D eigenvalue weighted by Gasteiger charge is 2.38. The summed E-state index contributed by atoms with van der Waals surface area (Å²) in [5.41, 5.74) is -0.153. The van der Waals surface area contributed by atoms with Crippen LogP contribution >= 0.6 is 11.6 Å². The molecular formula is C10H16ClN3O2. The highest BCUT2D eigenvalue weighted by atomic mass is 35.5. The second-order valence-corrected chi connectivity index (χ2v) is 5.02. The van der Waals surface area contributed by atoms with Crippen LogP contribution in [0, 0.1) is 0 Å². The fourth-order valence-corrected chi connectivity index (χ4v) is 1.78. The van der Waals surface area contributed by atoms with Crippen molar-refractivity contribution >= 4 is 17.6 Å². The van der Waals surface area contributed by atoms with E-state index >= 15 is 0 Å². The van der Waals surface area contributed by atoms with E-state index in [0.717, 1.165) is 13.0 Å². The van der Waals surface area contributed by atoms with E-state index in [1.807, 2.05) is 6.92 Å². The summed E-state index contributed by atoms with van der Waals surface area (Å²) < 4.78 is 10.9. The summed E-state index contributed by atoms with van der Waals surface area (Å²) in [6, 6.07) is 0.405. The number of hydrogen-bond donors (Lipinski definition) is 1. The minimum absolute atomic E-state index is 0.122. The Morgan fingerprint density at radius 2 is 2.31 bits per heavy atom. The van der Waals surface area contributed by atoms with E-state index < -0.39 is 0 Å². The summed E-state index contributed by atoms with van der Waals surface area (Å²) in [5.74, 6) is 0.430. The van der Waals surface area contributed by atoms with Crippen molar-refractivity contribution in [1.82, 2.24) is 10.2 Å². The first-order valence-electron chi connectivity index (χ1n) is 5.38. The van der Waals surface area contributed by atoms with Gasteiger partial charge < -0.3 is 14.5 Å². The maximum absolute atomic E-state index is 5.85. The summed E-state index contributed by atoms with van der Waals surface area (Å²) in [7, 11) is 0. The van der Waals surface area contributed by atoms with Crippen molar-refractivity contribution in [3.63, 3.8) is 0 Å². The molecule has 1 aliphatic rings. The molecule has 0 saturated carbocycles. The molecule has 3 unspecified atom stereocenters. The molecule has 0 amide bonds. The quantitative estimate of drug-likeness (QED) is 0.829. The average Bonchev–Trinajstić information content (AvgIpc) is 2.76. The molecular weight excluding hydrogens is 230 g/mol. The Kier molecular flexibility index (Phi) is 3.08. The average molecular weight is 246 g/mol. The first-order valence-corrected chi connectivity index (χ1v) is 5.82. The van der Waals surface area contributed by atoms with E-state index in [1.165, 1.54) is 0 Å². The molecule has 0 spiro atoms. The number of ether oxygens (including phenoxy) is 1. The maximum Gasteiger partial charge on any atom is 0.316 e. The Morgan fingerprint density at radius 1 is 1.56 bits per heavy atom. The zero-order chi connectivity index (χ0) is 11.8. The van der Waals surface area contributed by atoms with Gasteiger partial charge in [0.25, 0.3) is 0 Å². The fraction of sp³-hybridized carbons (Fsp3) is 0.800. The van der Waals surface area contributed by atoms with Gasteiger partial charge in [-0.2, -0.15) is 0 Å². The molecule has 0 aromatic carbocycles. The summed E-state index contributed by atoms with van der Waals surface area (Å²) in [4.78, 5) is 0. The largest absolute Gasteiger partial charge is 0.406 e. The highest BCUT2D eigenvalue weighted by Crippen LogP contribution is 2.29. The standard InChI is InChI=1S/C10H16ClN3O2/c1-6(11)8-13-14-9(16-8)12-10(3)4-5-15-7(10)2/h6-7H,4-5H2,1-3H3,(H,12,14). The summed E-state index contributed by atoms with van der Waals surface area (Å²) in [6.45, 7) is 6.65. The second kappa shape index (κ2) is 4.22. The van der Waals surface area contributed by atoms with Crippen LogP contribution in [0.4, 0.5) is 6.01 Å². The molecule has 1 fully saturated rings. The van der Waals surface area contributed by atoms with Crippen molar-refractivity contribution in [2.75, 3.05) is 11.9 Å². The predicted molar refractivity (Wildman–Crippen MR) is 60.6 cm³/mol. The third kappa shape index (κ3) is 2.15. The van der Waals surface area contributed by atoms with Gasteiger partial charge in [0.1, 0.15) is 5.38 Å². The first kappa shape index (κ1) is 11.7. The van der Waals surface area contributed by atoms with Crippen molar-refractivity contribution in [3.05, 3.63) is 5.89 Å². The first-order chi connectivity index (χ1) is 7.51. The zero-order valence-corrected chi connectivity index (χ0v) is 10.4. The molecule has 1 N–H and O–H groups in total. The molecule has 3 atom stereocenters. The van der Waals surface area contributed by atoms with Gasteiger partial charge in [-0.15, -0.1) is 16.7 Å². The molecule has 6 heteroatoms. The number of anilines is 1. The van der Waals surface area contributed by atoms with Crippen LogP contribution in [0.15, 0.2) is 4.42 Å². The molecule has 0 aliphatic carbocycles. The van der Waals surface area contributed by atoms with Gasteiger partial charge in [0.2, 0.25) is 5.89 Å². The monoisotopic (exact) mass is 245 g/mol. The van der Waals surface area contributed by atoms with E-state index in [-0.39, 0.29) is 17.0 Å². The molecule has 5 nitrogen and oxygen atoms in total. The smallest absolute Gasteiger partial charge is 0.316 e. The van der Waals surface area contributed by atoms with Gasteiger partial charge in [0, 0.05) is 6.61 Å². The van der Waals surface area contributed by atoms with Crippen LogP contribution in [0.1, 0.15) is 38.5 Å². The van der Waals surface area contributed by atoms with Crippen LogP contribution in [-0.4, -0.2) is 28.4 Å². The topological polar surface area (TPSA) is 60.2 Å². The number of nitrogens with one attached hydrogen (secondary N) is 1. The molecule has 1 saturated heterocycles. The van der Waals surface area contributed by atoms with Gasteiger partial charge in [0.05, 0.1) is 11.6 Å². The maximum atomic E-state index is 5.85. The highest BCUT2D eigenvalue weighted by molar-refractivity contribution is 6.20. The van der Waals surface area contributed by atoms with Gasteiger partial charge in [-0.3, -0.25) is 0 Å². The van der Waals surface area contributed by atoms with Gasteiger partial charge >= 0.3 is 6.01 Å². The number of hydrogen-bond acceptors (Lipinski definition) is 5. The Bertz CT molecular complexity index is 369. The summed E-state index contributed by atoms with van der Waals surface area (Å²) >= 11 is 5.85. The lowest BCUT2D eigenvalue weighted by Crippen LogP contribution is -2.41. The number of aromatic nitrogens is 2. The van der Waals surface area contributed by atoms with Crippen LogP contribution in [0.25, 0.3) is 0 Å². The van der Waals surface area contributed by atoms with Crippen molar-refractivity contribution in [1.29, 1.82) is 0 Å². The van der Waals surface area contributed by atoms with E-state index in [4.69, 9.17) is 20.8 Å². The Hall–Kier alpha value is -0.810.